The van der Waals surface area contributed by atoms with Crippen molar-refractivity contribution in [3.63, 3.8) is 0 Å². The summed E-state index contributed by atoms with van der Waals surface area (Å²) in [5, 5.41) is 12.5. The van der Waals surface area contributed by atoms with Gasteiger partial charge in [0.1, 0.15) is 0 Å². The van der Waals surface area contributed by atoms with Gasteiger partial charge >= 0.3 is 0 Å². The summed E-state index contributed by atoms with van der Waals surface area (Å²) in [5.41, 5.74) is 0.931. The molecule has 3 aromatic rings. The Morgan fingerprint density at radius 3 is 2.55 bits per heavy atom. The third-order valence-electron chi connectivity index (χ3n) is 4.71. The molecule has 2 heterocycles. The Morgan fingerprint density at radius 1 is 1.23 bits per heavy atom. The zero-order valence-electron chi connectivity index (χ0n) is 18.5. The van der Waals surface area contributed by atoms with Gasteiger partial charge in [-0.2, -0.15) is 0 Å². The number of nitrogens with zero attached hydrogens (tertiary/aromatic N) is 4. The summed E-state index contributed by atoms with van der Waals surface area (Å²) in [6, 6.07) is 7.48. The van der Waals surface area contributed by atoms with Gasteiger partial charge in [-0.15, -0.1) is 21.5 Å². The number of carbonyl (C=O) groups is 1. The zero-order valence-corrected chi connectivity index (χ0v) is 20.1. The van der Waals surface area contributed by atoms with Gasteiger partial charge in [0.25, 0.3) is 0 Å². The molecule has 0 fully saturated rings. The number of benzene rings is 1. The second-order valence-electron chi connectivity index (χ2n) is 6.91. The fourth-order valence-corrected chi connectivity index (χ4v) is 4.63. The van der Waals surface area contributed by atoms with Gasteiger partial charge in [0.05, 0.1) is 18.1 Å². The summed E-state index contributed by atoms with van der Waals surface area (Å²) in [7, 11) is 1.61. The van der Waals surface area contributed by atoms with Crippen LogP contribution in [-0.4, -0.2) is 38.0 Å². The average molecular weight is 462 g/mol. The van der Waals surface area contributed by atoms with Crippen molar-refractivity contribution >= 4 is 34.1 Å². The van der Waals surface area contributed by atoms with Crippen LogP contribution in [0.2, 0.25) is 0 Å². The van der Waals surface area contributed by atoms with E-state index in [1.54, 1.807) is 7.11 Å². The first kappa shape index (κ1) is 23.1. The maximum absolute atomic E-state index is 12.6. The first-order chi connectivity index (χ1) is 14.8. The normalized spacial score (nSPS) is 13.0. The number of hydrogen-bond acceptors (Lipinski definition) is 8. The van der Waals surface area contributed by atoms with E-state index in [1.807, 2.05) is 63.5 Å². The molecule has 3 rings (SSSR count). The molecule has 2 unspecified atom stereocenters. The maximum Gasteiger partial charge on any atom is 0.239 e. The lowest BCUT2D eigenvalue weighted by Gasteiger charge is -2.17. The molecule has 1 amide bonds. The second kappa shape index (κ2) is 10.1. The first-order valence-electron chi connectivity index (χ1n) is 9.98. The van der Waals surface area contributed by atoms with Crippen molar-refractivity contribution in [1.29, 1.82) is 0 Å². The number of carbonyl (C=O) groups excluding carboxylic acids is 1. The molecule has 0 spiro atoms. The van der Waals surface area contributed by atoms with Crippen LogP contribution in [0.1, 0.15) is 43.3 Å². The minimum Gasteiger partial charge on any atom is -0.493 e. The highest BCUT2D eigenvalue weighted by Gasteiger charge is 2.24. The van der Waals surface area contributed by atoms with Crippen molar-refractivity contribution in [2.24, 2.45) is 0 Å². The van der Waals surface area contributed by atoms with Crippen LogP contribution in [0, 0.1) is 13.8 Å². The average Bonchev–Trinajstić information content (AvgIpc) is 3.30. The van der Waals surface area contributed by atoms with Crippen molar-refractivity contribution in [3.05, 3.63) is 40.7 Å². The standard InChI is InChI=1S/C21H27N5O3S2/c1-7-26-18(13(3)29-17-11-9-8-10-16(17)28-6)24-25-21(26)31-15(5)19(27)23-20-22-12(2)14(4)30-20/h8-11,13,15H,7H2,1-6H3,(H,22,23,27). The van der Waals surface area contributed by atoms with Crippen LogP contribution in [0.25, 0.3) is 0 Å². The highest BCUT2D eigenvalue weighted by Crippen LogP contribution is 2.32. The number of nitrogens with one attached hydrogen (secondary N) is 1. The summed E-state index contributed by atoms with van der Waals surface area (Å²) in [6.07, 6.45) is -0.344. The van der Waals surface area contributed by atoms with Crippen LogP contribution in [0.5, 0.6) is 11.5 Å². The molecule has 0 aliphatic heterocycles. The fraction of sp³-hybridized carbons (Fsp3) is 0.429. The minimum atomic E-state index is -0.364. The molecule has 166 valence electrons. The number of ether oxygens (including phenoxy) is 2. The van der Waals surface area contributed by atoms with Gasteiger partial charge in [0.2, 0.25) is 5.91 Å². The molecule has 1 N–H and O–H groups in total. The van der Waals surface area contributed by atoms with E-state index in [-0.39, 0.29) is 17.3 Å². The molecule has 0 saturated heterocycles. The summed E-state index contributed by atoms with van der Waals surface area (Å²) in [5.74, 6) is 1.86. The van der Waals surface area contributed by atoms with E-state index in [2.05, 4.69) is 20.5 Å². The van der Waals surface area contributed by atoms with E-state index in [0.717, 1.165) is 10.6 Å². The number of rotatable bonds is 9. The topological polar surface area (TPSA) is 91.2 Å². The quantitative estimate of drug-likeness (QED) is 0.464. The fourth-order valence-electron chi connectivity index (χ4n) is 2.89. The number of para-hydroxylation sites is 2. The van der Waals surface area contributed by atoms with E-state index >= 15 is 0 Å². The van der Waals surface area contributed by atoms with Crippen LogP contribution in [0.3, 0.4) is 0 Å². The Labute approximate surface area is 190 Å². The van der Waals surface area contributed by atoms with Crippen molar-refractivity contribution < 1.29 is 14.3 Å². The summed E-state index contributed by atoms with van der Waals surface area (Å²) in [4.78, 5) is 18.1. The number of aryl methyl sites for hydroxylation is 2. The number of amides is 1. The molecule has 8 nitrogen and oxygen atoms in total. The number of aromatic nitrogens is 4. The molecule has 0 aliphatic rings. The van der Waals surface area contributed by atoms with Crippen LogP contribution in [0.4, 0.5) is 5.13 Å². The van der Waals surface area contributed by atoms with Crippen molar-refractivity contribution in [1.82, 2.24) is 19.7 Å². The highest BCUT2D eigenvalue weighted by molar-refractivity contribution is 8.00. The molecule has 10 heteroatoms. The van der Waals surface area contributed by atoms with E-state index in [4.69, 9.17) is 9.47 Å². The van der Waals surface area contributed by atoms with E-state index < -0.39 is 0 Å². The number of thiazole rings is 1. The highest BCUT2D eigenvalue weighted by atomic mass is 32.2. The number of methoxy groups -OCH3 is 1. The summed E-state index contributed by atoms with van der Waals surface area (Å²) >= 11 is 2.83. The Balaban J connectivity index is 1.70. The summed E-state index contributed by atoms with van der Waals surface area (Å²) in [6.45, 7) is 10.3. The van der Waals surface area contributed by atoms with E-state index in [9.17, 15) is 4.79 Å². The number of hydrogen-bond donors (Lipinski definition) is 1. The SMILES string of the molecule is CCn1c(SC(C)C(=O)Nc2nc(C)c(C)s2)nnc1C(C)Oc1ccccc1OC. The van der Waals surface area contributed by atoms with Crippen LogP contribution in [-0.2, 0) is 11.3 Å². The van der Waals surface area contributed by atoms with Crippen LogP contribution in [0.15, 0.2) is 29.4 Å². The lowest BCUT2D eigenvalue weighted by Crippen LogP contribution is -2.23. The molecule has 1 aromatic carbocycles. The molecule has 31 heavy (non-hydrogen) atoms. The lowest BCUT2D eigenvalue weighted by molar-refractivity contribution is -0.115. The monoisotopic (exact) mass is 461 g/mol. The molecule has 0 radical (unpaired) electrons. The number of anilines is 1. The Bertz CT molecular complexity index is 1030. The third-order valence-corrected chi connectivity index (χ3v) is 6.78. The predicted octanol–water partition coefficient (Wildman–Crippen LogP) is 4.64. The molecule has 2 aromatic heterocycles. The smallest absolute Gasteiger partial charge is 0.239 e. The maximum atomic E-state index is 12.6. The second-order valence-corrected chi connectivity index (χ2v) is 9.42. The number of thioether (sulfide) groups is 1. The molecule has 0 bridgehead atoms. The summed E-state index contributed by atoms with van der Waals surface area (Å²) < 4.78 is 13.4. The minimum absolute atomic E-state index is 0.121. The zero-order chi connectivity index (χ0) is 22.5. The van der Waals surface area contributed by atoms with Crippen LogP contribution >= 0.6 is 23.1 Å². The van der Waals surface area contributed by atoms with Crippen molar-refractivity contribution in [2.75, 3.05) is 12.4 Å². The molecule has 2 atom stereocenters. The van der Waals surface area contributed by atoms with Gasteiger partial charge in [-0.25, -0.2) is 4.98 Å². The van der Waals surface area contributed by atoms with Gasteiger partial charge in [0.15, 0.2) is 33.7 Å². The predicted molar refractivity (Wildman–Crippen MR) is 123 cm³/mol. The van der Waals surface area contributed by atoms with Gasteiger partial charge in [-0.3, -0.25) is 4.79 Å². The van der Waals surface area contributed by atoms with Crippen LogP contribution < -0.4 is 14.8 Å². The largest absolute Gasteiger partial charge is 0.493 e. The van der Waals surface area contributed by atoms with Crippen molar-refractivity contribution in [3.8, 4) is 11.5 Å². The Morgan fingerprint density at radius 2 is 1.94 bits per heavy atom. The van der Waals surface area contributed by atoms with Gasteiger partial charge in [-0.1, -0.05) is 23.9 Å². The Hall–Kier alpha value is -2.59. The van der Waals surface area contributed by atoms with Crippen molar-refractivity contribution in [2.45, 2.75) is 57.7 Å². The van der Waals surface area contributed by atoms with Gasteiger partial charge < -0.3 is 19.4 Å². The van der Waals surface area contributed by atoms with Gasteiger partial charge in [0, 0.05) is 11.4 Å². The third kappa shape index (κ3) is 5.37. The molecular weight excluding hydrogens is 434 g/mol. The molecule has 0 aliphatic carbocycles. The lowest BCUT2D eigenvalue weighted by atomic mass is 10.3. The van der Waals surface area contributed by atoms with E-state index in [0.29, 0.717) is 34.2 Å². The Kier molecular flexibility index (Phi) is 7.55. The first-order valence-corrected chi connectivity index (χ1v) is 11.7. The van der Waals surface area contributed by atoms with Gasteiger partial charge in [-0.05, 0) is 46.8 Å². The molecule has 0 saturated carbocycles. The molecular formula is C21H27N5O3S2. The van der Waals surface area contributed by atoms with E-state index in [1.165, 1.54) is 23.1 Å².